The van der Waals surface area contributed by atoms with Crippen LogP contribution in [-0.2, 0) is 0 Å². The first kappa shape index (κ1) is 8.13. The van der Waals surface area contributed by atoms with Gasteiger partial charge in [0.25, 0.3) is 5.79 Å². The van der Waals surface area contributed by atoms with Crippen LogP contribution in [-0.4, -0.2) is 17.5 Å². The maximum Gasteiger partial charge on any atom is 0.262 e. The SMILES string of the molecule is C=CC1(O)COc2ccccc2O1. The van der Waals surface area contributed by atoms with Crippen molar-refractivity contribution in [1.82, 2.24) is 0 Å². The first-order valence-corrected chi connectivity index (χ1v) is 4.00. The Labute approximate surface area is 76.2 Å². The Morgan fingerprint density at radius 1 is 1.38 bits per heavy atom. The predicted octanol–water partition coefficient (Wildman–Crippen LogP) is 1.33. The van der Waals surface area contributed by atoms with Crippen LogP contribution in [0, 0.1) is 0 Å². The lowest BCUT2D eigenvalue weighted by Crippen LogP contribution is -2.42. The Hall–Kier alpha value is -1.48. The van der Waals surface area contributed by atoms with Gasteiger partial charge in [0.15, 0.2) is 18.1 Å². The van der Waals surface area contributed by atoms with E-state index < -0.39 is 5.79 Å². The first-order valence-electron chi connectivity index (χ1n) is 4.00. The van der Waals surface area contributed by atoms with Gasteiger partial charge in [-0.2, -0.15) is 0 Å². The smallest absolute Gasteiger partial charge is 0.262 e. The van der Waals surface area contributed by atoms with Crippen LogP contribution in [0.25, 0.3) is 0 Å². The third-order valence-electron chi connectivity index (χ3n) is 1.89. The molecular formula is C10H10O3. The highest BCUT2D eigenvalue weighted by Crippen LogP contribution is 2.33. The molecule has 0 saturated heterocycles. The second-order valence-electron chi connectivity index (χ2n) is 2.89. The van der Waals surface area contributed by atoms with E-state index in [4.69, 9.17) is 9.47 Å². The van der Waals surface area contributed by atoms with Gasteiger partial charge < -0.3 is 14.6 Å². The molecule has 1 aliphatic heterocycles. The number of ether oxygens (including phenoxy) is 2. The van der Waals surface area contributed by atoms with Crippen molar-refractivity contribution in [2.45, 2.75) is 5.79 Å². The van der Waals surface area contributed by atoms with Crippen molar-refractivity contribution in [2.24, 2.45) is 0 Å². The molecule has 3 heteroatoms. The van der Waals surface area contributed by atoms with Gasteiger partial charge in [-0.1, -0.05) is 18.7 Å². The molecule has 0 spiro atoms. The Balaban J connectivity index is 2.34. The summed E-state index contributed by atoms with van der Waals surface area (Å²) in [4.78, 5) is 0. The molecule has 0 fully saturated rings. The molecule has 0 amide bonds. The average molecular weight is 178 g/mol. The van der Waals surface area contributed by atoms with Crippen molar-refractivity contribution in [3.63, 3.8) is 0 Å². The summed E-state index contributed by atoms with van der Waals surface area (Å²) < 4.78 is 10.6. The van der Waals surface area contributed by atoms with Crippen molar-refractivity contribution >= 4 is 0 Å². The molecule has 1 aromatic rings. The summed E-state index contributed by atoms with van der Waals surface area (Å²) in [6.07, 6.45) is 1.32. The van der Waals surface area contributed by atoms with Gasteiger partial charge in [0, 0.05) is 0 Å². The van der Waals surface area contributed by atoms with Crippen molar-refractivity contribution in [2.75, 3.05) is 6.61 Å². The fourth-order valence-electron chi connectivity index (χ4n) is 1.16. The molecule has 1 heterocycles. The second-order valence-corrected chi connectivity index (χ2v) is 2.89. The number of benzene rings is 1. The molecule has 3 nitrogen and oxygen atoms in total. The Kier molecular flexibility index (Phi) is 1.74. The van der Waals surface area contributed by atoms with Gasteiger partial charge in [-0.25, -0.2) is 0 Å². The lowest BCUT2D eigenvalue weighted by Gasteiger charge is -2.31. The molecule has 1 atom stereocenters. The Bertz CT molecular complexity index is 335. The summed E-state index contributed by atoms with van der Waals surface area (Å²) in [7, 11) is 0. The van der Waals surface area contributed by atoms with Crippen LogP contribution in [0.3, 0.4) is 0 Å². The molecule has 1 N–H and O–H groups in total. The lowest BCUT2D eigenvalue weighted by atomic mass is 10.2. The van der Waals surface area contributed by atoms with Crippen LogP contribution in [0.2, 0.25) is 0 Å². The summed E-state index contributed by atoms with van der Waals surface area (Å²) in [5, 5.41) is 9.66. The van der Waals surface area contributed by atoms with Crippen LogP contribution in [0.5, 0.6) is 11.5 Å². The molecule has 2 rings (SSSR count). The zero-order chi connectivity index (χ0) is 9.31. The van der Waals surface area contributed by atoms with Gasteiger partial charge in [0.2, 0.25) is 0 Å². The molecule has 1 aromatic carbocycles. The van der Waals surface area contributed by atoms with Crippen molar-refractivity contribution in [3.05, 3.63) is 36.9 Å². The highest BCUT2D eigenvalue weighted by Gasteiger charge is 2.31. The predicted molar refractivity (Wildman–Crippen MR) is 47.7 cm³/mol. The van der Waals surface area contributed by atoms with Crippen molar-refractivity contribution in [1.29, 1.82) is 0 Å². The molecule has 68 valence electrons. The zero-order valence-corrected chi connectivity index (χ0v) is 7.06. The second kappa shape index (κ2) is 2.78. The monoisotopic (exact) mass is 178 g/mol. The van der Waals surface area contributed by atoms with Gasteiger partial charge in [-0.05, 0) is 18.2 Å². The summed E-state index contributed by atoms with van der Waals surface area (Å²) in [5.74, 6) is -0.209. The number of fused-ring (bicyclic) bond motifs is 1. The topological polar surface area (TPSA) is 38.7 Å². The molecule has 1 unspecified atom stereocenters. The maximum atomic E-state index is 9.66. The van der Waals surface area contributed by atoms with Crippen molar-refractivity contribution in [3.8, 4) is 11.5 Å². The number of para-hydroxylation sites is 2. The third-order valence-corrected chi connectivity index (χ3v) is 1.89. The van der Waals surface area contributed by atoms with E-state index in [1.54, 1.807) is 12.1 Å². The first-order chi connectivity index (χ1) is 6.23. The molecule has 0 saturated carbocycles. The van der Waals surface area contributed by atoms with E-state index >= 15 is 0 Å². The standard InChI is InChI=1S/C10H10O3/c1-2-10(11)7-12-8-5-3-4-6-9(8)13-10/h2-6,11H,1,7H2. The molecule has 0 aliphatic carbocycles. The fourth-order valence-corrected chi connectivity index (χ4v) is 1.16. The molecule has 0 bridgehead atoms. The summed E-state index contributed by atoms with van der Waals surface area (Å²) >= 11 is 0. The number of rotatable bonds is 1. The quantitative estimate of drug-likeness (QED) is 0.659. The van der Waals surface area contributed by atoms with Crippen LogP contribution in [0.1, 0.15) is 0 Å². The summed E-state index contributed by atoms with van der Waals surface area (Å²) in [6.45, 7) is 3.55. The molecular weight excluding hydrogens is 168 g/mol. The number of aliphatic hydroxyl groups is 1. The largest absolute Gasteiger partial charge is 0.482 e. The van der Waals surface area contributed by atoms with Crippen LogP contribution < -0.4 is 9.47 Å². The van der Waals surface area contributed by atoms with E-state index in [1.807, 2.05) is 12.1 Å². The fraction of sp³-hybridized carbons (Fsp3) is 0.200. The zero-order valence-electron chi connectivity index (χ0n) is 7.06. The van der Waals surface area contributed by atoms with E-state index in [9.17, 15) is 5.11 Å². The number of hydrogen-bond donors (Lipinski definition) is 1. The minimum Gasteiger partial charge on any atom is -0.482 e. The Morgan fingerprint density at radius 2 is 2.08 bits per heavy atom. The molecule has 0 radical (unpaired) electrons. The van der Waals surface area contributed by atoms with E-state index in [1.165, 1.54) is 6.08 Å². The highest BCUT2D eigenvalue weighted by molar-refractivity contribution is 5.41. The van der Waals surface area contributed by atoms with Gasteiger partial charge in [0.05, 0.1) is 0 Å². The van der Waals surface area contributed by atoms with Gasteiger partial charge in [0.1, 0.15) is 0 Å². The van der Waals surface area contributed by atoms with Gasteiger partial charge in [-0.3, -0.25) is 0 Å². The Morgan fingerprint density at radius 3 is 2.77 bits per heavy atom. The number of hydrogen-bond acceptors (Lipinski definition) is 3. The van der Waals surface area contributed by atoms with Crippen molar-refractivity contribution < 1.29 is 14.6 Å². The molecule has 0 aromatic heterocycles. The summed E-state index contributed by atoms with van der Waals surface area (Å²) in [6, 6.07) is 7.19. The molecule has 13 heavy (non-hydrogen) atoms. The minimum atomic E-state index is -1.39. The van der Waals surface area contributed by atoms with E-state index in [2.05, 4.69) is 6.58 Å². The third kappa shape index (κ3) is 1.38. The van der Waals surface area contributed by atoms with Crippen LogP contribution >= 0.6 is 0 Å². The minimum absolute atomic E-state index is 0.0769. The average Bonchev–Trinajstić information content (AvgIpc) is 2.18. The van der Waals surface area contributed by atoms with Crippen LogP contribution in [0.4, 0.5) is 0 Å². The summed E-state index contributed by atoms with van der Waals surface area (Å²) in [5.41, 5.74) is 0. The van der Waals surface area contributed by atoms with Gasteiger partial charge in [-0.15, -0.1) is 0 Å². The van der Waals surface area contributed by atoms with Gasteiger partial charge >= 0.3 is 0 Å². The normalized spacial score (nSPS) is 25.3. The van der Waals surface area contributed by atoms with E-state index in [-0.39, 0.29) is 6.61 Å². The maximum absolute atomic E-state index is 9.66. The van der Waals surface area contributed by atoms with Crippen LogP contribution in [0.15, 0.2) is 36.9 Å². The molecule has 1 aliphatic rings. The van der Waals surface area contributed by atoms with E-state index in [0.29, 0.717) is 11.5 Å². The van der Waals surface area contributed by atoms with E-state index in [0.717, 1.165) is 0 Å². The highest BCUT2D eigenvalue weighted by atomic mass is 16.7. The lowest BCUT2D eigenvalue weighted by molar-refractivity contribution is -0.135.